The number of nitrogens with one attached hydrogen (secondary N) is 6. The van der Waals surface area contributed by atoms with Gasteiger partial charge in [-0.15, -0.1) is 0 Å². The number of unbranched alkanes of at least 4 members (excludes halogenated alkanes) is 5. The molecule has 4 amide bonds. The molecule has 0 aromatic heterocycles. The summed E-state index contributed by atoms with van der Waals surface area (Å²) >= 11 is 5.64. The number of amides is 4. The number of urea groups is 1. The molecule has 0 aliphatic carbocycles. The highest BCUT2D eigenvalue weighted by atomic mass is 32.1. The van der Waals surface area contributed by atoms with E-state index in [-0.39, 0.29) is 75.0 Å². The van der Waals surface area contributed by atoms with Crippen LogP contribution in [0, 0.1) is 0 Å². The van der Waals surface area contributed by atoms with Gasteiger partial charge in [-0.1, -0.05) is 55.3 Å². The van der Waals surface area contributed by atoms with Crippen molar-refractivity contribution in [2.45, 2.75) is 127 Å². The molecule has 11 N–H and O–H groups in total. The molecule has 436 valence electrons. The maximum Gasteiger partial charge on any atom is 0.328 e. The molecule has 1 saturated heterocycles. The monoisotopic (exact) mass is 1130 g/mol. The van der Waals surface area contributed by atoms with Gasteiger partial charge in [0.1, 0.15) is 31.0 Å². The average Bonchev–Trinajstić information content (AvgIpc) is 3.46. The minimum absolute atomic E-state index is 0.00888. The van der Waals surface area contributed by atoms with E-state index in [1.165, 1.54) is 0 Å². The molecule has 0 spiro atoms. The van der Waals surface area contributed by atoms with Gasteiger partial charge in [-0.05, 0) is 99.7 Å². The Labute approximate surface area is 464 Å². The molecule has 4 atom stereocenters. The number of ether oxygens (including phenoxy) is 1. The van der Waals surface area contributed by atoms with Crippen molar-refractivity contribution in [2.75, 3.05) is 70.8 Å². The largest absolute Gasteiger partial charge is 0.481 e. The summed E-state index contributed by atoms with van der Waals surface area (Å²) in [6.45, 7) is 2.27. The Bertz CT molecular complexity index is 2300. The number of carbonyl (C=O) groups is 10. The zero-order valence-electron chi connectivity index (χ0n) is 44.4. The van der Waals surface area contributed by atoms with Crippen LogP contribution in [0.1, 0.15) is 101 Å². The van der Waals surface area contributed by atoms with E-state index in [1.807, 2.05) is 59.5 Å². The van der Waals surface area contributed by atoms with E-state index in [0.717, 1.165) is 30.3 Å². The molecule has 0 bridgehead atoms. The standard InChI is InChI=1S/C53H77N9O16S/c63-31-30-62-29-28-60(34-47(68)69)26-27-61(35-48(70)71)33-40(62)32-37-18-20-39(21-19-37)56-53(79)59-43(51(76)78-36-38-12-4-3-5-13-38)15-9-11-25-55-45(65)17-7-2-1-6-16-44(64)54-24-10-8-14-41(49(72)73)57-52(77)58-42(50(74)75)22-23-46(66)67/h3-5,12-13,18-21,31,40-43H,1-2,6-11,14-17,22-30,32-36H2,(H,54,64)(H,55,65)(H,66,67)(H,68,69)(H,70,71)(H,72,73)(H,74,75)(H2,56,59,79)(H2,57,58,77)/t40?,41-,42-,43?/m0/s1. The fourth-order valence-corrected chi connectivity index (χ4v) is 8.87. The molecule has 1 fully saturated rings. The second kappa shape index (κ2) is 37.5. The third-order valence-corrected chi connectivity index (χ3v) is 13.1. The molecule has 2 aromatic carbocycles. The van der Waals surface area contributed by atoms with E-state index in [9.17, 15) is 68.4 Å². The molecule has 25 nitrogen and oxygen atoms in total. The fourth-order valence-electron chi connectivity index (χ4n) is 8.61. The van der Waals surface area contributed by atoms with E-state index in [1.54, 1.807) is 9.80 Å². The van der Waals surface area contributed by atoms with Gasteiger partial charge in [0.05, 0.1) is 19.6 Å². The maximum absolute atomic E-state index is 13.4. The van der Waals surface area contributed by atoms with E-state index < -0.39 is 66.4 Å². The van der Waals surface area contributed by atoms with Gasteiger partial charge in [0.25, 0.3) is 0 Å². The summed E-state index contributed by atoms with van der Waals surface area (Å²) in [5.74, 6) is -6.84. The van der Waals surface area contributed by atoms with E-state index in [4.69, 9.17) is 22.1 Å². The normalized spacial score (nSPS) is 15.3. The lowest BCUT2D eigenvalue weighted by atomic mass is 10.0. The Balaban J connectivity index is 1.39. The SMILES string of the molecule is O=CCN1CCN(CC(=O)O)CCN(CC(=O)O)CC1Cc1ccc(NC(=S)NC(CCCCNC(=O)CCCCCCC(=O)NCCCC[C@H](NC(=O)N[C@@H](CCC(=O)O)C(=O)O)C(=O)O)C(=O)OCc2ccccc2)cc1. The minimum atomic E-state index is -1.51. The van der Waals surface area contributed by atoms with Gasteiger partial charge in [-0.3, -0.25) is 38.7 Å². The number of hydrogen-bond acceptors (Lipinski definition) is 15. The second-order valence-electron chi connectivity index (χ2n) is 19.2. The van der Waals surface area contributed by atoms with Gasteiger partial charge < -0.3 is 67.0 Å². The van der Waals surface area contributed by atoms with Crippen LogP contribution >= 0.6 is 12.2 Å². The Morgan fingerprint density at radius 1 is 0.595 bits per heavy atom. The lowest BCUT2D eigenvalue weighted by Crippen LogP contribution is -2.51. The molecular weight excluding hydrogens is 1050 g/mol. The van der Waals surface area contributed by atoms with Crippen LogP contribution in [0.2, 0.25) is 0 Å². The smallest absolute Gasteiger partial charge is 0.328 e. The van der Waals surface area contributed by atoms with Crippen LogP contribution in [0.4, 0.5) is 10.5 Å². The summed E-state index contributed by atoms with van der Waals surface area (Å²) < 4.78 is 5.66. The van der Waals surface area contributed by atoms with Crippen LogP contribution in [-0.4, -0.2) is 195 Å². The molecule has 1 heterocycles. The highest BCUT2D eigenvalue weighted by molar-refractivity contribution is 7.80. The van der Waals surface area contributed by atoms with Crippen molar-refractivity contribution in [2.24, 2.45) is 0 Å². The van der Waals surface area contributed by atoms with Crippen molar-refractivity contribution in [1.29, 1.82) is 0 Å². The number of rotatable bonds is 37. The van der Waals surface area contributed by atoms with Crippen molar-refractivity contribution in [3.05, 3.63) is 65.7 Å². The molecular formula is C53H77N9O16S. The van der Waals surface area contributed by atoms with Crippen LogP contribution in [0.3, 0.4) is 0 Å². The van der Waals surface area contributed by atoms with Gasteiger partial charge in [0, 0.05) is 76.8 Å². The van der Waals surface area contributed by atoms with Crippen molar-refractivity contribution in [1.82, 2.24) is 41.3 Å². The Kier molecular flexibility index (Phi) is 31.3. The number of thiocarbonyl (C=S) groups is 1. The highest BCUT2D eigenvalue weighted by Gasteiger charge is 2.28. The summed E-state index contributed by atoms with van der Waals surface area (Å²) in [6.07, 6.45) is 5.88. The maximum atomic E-state index is 13.4. The fraction of sp³-hybridized carbons (Fsp3) is 0.566. The third kappa shape index (κ3) is 29.3. The van der Waals surface area contributed by atoms with E-state index >= 15 is 0 Å². The lowest BCUT2D eigenvalue weighted by molar-refractivity contribution is -0.147. The third-order valence-electron chi connectivity index (χ3n) is 12.8. The van der Waals surface area contributed by atoms with Gasteiger partial charge in [-0.25, -0.2) is 19.2 Å². The van der Waals surface area contributed by atoms with Gasteiger partial charge in [-0.2, -0.15) is 0 Å². The average molecular weight is 1130 g/mol. The number of aldehydes is 1. The summed E-state index contributed by atoms with van der Waals surface area (Å²) in [5, 5.41) is 62.8. The topological polar surface area (TPSA) is 363 Å². The Morgan fingerprint density at radius 3 is 1.70 bits per heavy atom. The number of aliphatic carboxylic acids is 5. The van der Waals surface area contributed by atoms with Crippen LogP contribution in [0.25, 0.3) is 0 Å². The number of carbonyl (C=O) groups excluding carboxylic acids is 5. The van der Waals surface area contributed by atoms with Crippen LogP contribution < -0.4 is 31.9 Å². The minimum Gasteiger partial charge on any atom is -0.481 e. The van der Waals surface area contributed by atoms with Crippen molar-refractivity contribution in [3.63, 3.8) is 0 Å². The molecule has 2 aromatic rings. The number of carboxylic acids is 5. The predicted molar refractivity (Wildman–Crippen MR) is 292 cm³/mol. The Hall–Kier alpha value is -7.29. The number of carboxylic acid groups (broad SMARTS) is 5. The zero-order chi connectivity index (χ0) is 58.0. The number of nitrogens with zero attached hydrogens (tertiary/aromatic N) is 3. The number of hydrogen-bond donors (Lipinski definition) is 11. The molecule has 26 heteroatoms. The number of esters is 1. The zero-order valence-corrected chi connectivity index (χ0v) is 45.3. The van der Waals surface area contributed by atoms with Crippen molar-refractivity contribution >= 4 is 83.0 Å². The van der Waals surface area contributed by atoms with Gasteiger partial charge in [0.15, 0.2) is 5.11 Å². The number of benzene rings is 2. The molecule has 3 rings (SSSR count). The molecule has 1 aliphatic heterocycles. The van der Waals surface area contributed by atoms with E-state index in [0.29, 0.717) is 103 Å². The lowest BCUT2D eigenvalue weighted by Gasteiger charge is -2.33. The summed E-state index contributed by atoms with van der Waals surface area (Å²) in [4.78, 5) is 125. The van der Waals surface area contributed by atoms with Crippen LogP contribution in [-0.2, 0) is 60.9 Å². The first-order chi connectivity index (χ1) is 37.8. The summed E-state index contributed by atoms with van der Waals surface area (Å²) in [5.41, 5.74) is 2.36. The van der Waals surface area contributed by atoms with Crippen molar-refractivity contribution in [3.8, 4) is 0 Å². The number of anilines is 1. The molecule has 2 unspecified atom stereocenters. The Morgan fingerprint density at radius 2 is 1.14 bits per heavy atom. The van der Waals surface area contributed by atoms with Crippen molar-refractivity contribution < 1.29 is 78.2 Å². The van der Waals surface area contributed by atoms with Gasteiger partial charge in [0.2, 0.25) is 11.8 Å². The summed E-state index contributed by atoms with van der Waals surface area (Å²) in [6, 6.07) is 11.7. The van der Waals surface area contributed by atoms with E-state index in [2.05, 4.69) is 31.9 Å². The predicted octanol–water partition coefficient (Wildman–Crippen LogP) is 2.27. The van der Waals surface area contributed by atoms with Gasteiger partial charge >= 0.3 is 41.8 Å². The first-order valence-corrected chi connectivity index (χ1v) is 26.9. The first kappa shape index (κ1) is 66.0. The summed E-state index contributed by atoms with van der Waals surface area (Å²) in [7, 11) is 0. The molecule has 0 radical (unpaired) electrons. The first-order valence-electron chi connectivity index (χ1n) is 26.5. The second-order valence-corrected chi connectivity index (χ2v) is 19.6. The van der Waals surface area contributed by atoms with Crippen LogP contribution in [0.5, 0.6) is 0 Å². The molecule has 0 saturated carbocycles. The van der Waals surface area contributed by atoms with Crippen LogP contribution in [0.15, 0.2) is 54.6 Å². The highest BCUT2D eigenvalue weighted by Crippen LogP contribution is 2.17. The quantitative estimate of drug-likeness (QED) is 0.0200. The molecule has 79 heavy (non-hydrogen) atoms. The molecule has 1 aliphatic rings.